The van der Waals surface area contributed by atoms with Gasteiger partial charge in [-0.2, -0.15) is 5.10 Å². The Morgan fingerprint density at radius 1 is 1.25 bits per heavy atom. The molecule has 20 heavy (non-hydrogen) atoms. The van der Waals surface area contributed by atoms with Crippen molar-refractivity contribution in [3.05, 3.63) is 36.2 Å². The largest absolute Gasteiger partial charge is 0.480 e. The Bertz CT molecular complexity index is 767. The molecule has 0 bridgehead atoms. The van der Waals surface area contributed by atoms with Gasteiger partial charge in [0.2, 0.25) is 5.88 Å². The summed E-state index contributed by atoms with van der Waals surface area (Å²) in [6, 6.07) is 9.76. The normalized spacial score (nSPS) is 10.9. The van der Waals surface area contributed by atoms with Crippen molar-refractivity contribution in [1.82, 2.24) is 19.7 Å². The van der Waals surface area contributed by atoms with Crippen LogP contribution in [0.15, 0.2) is 30.3 Å². The Labute approximate surface area is 115 Å². The second-order valence-electron chi connectivity index (χ2n) is 4.37. The van der Waals surface area contributed by atoms with Crippen LogP contribution in [-0.4, -0.2) is 32.0 Å². The molecule has 0 fully saturated rings. The van der Waals surface area contributed by atoms with E-state index in [0.717, 1.165) is 16.5 Å². The number of aromatic nitrogens is 4. The Morgan fingerprint density at radius 2 is 2.05 bits per heavy atom. The van der Waals surface area contributed by atoms with Crippen molar-refractivity contribution in [2.45, 2.75) is 6.61 Å². The van der Waals surface area contributed by atoms with Crippen molar-refractivity contribution in [2.24, 2.45) is 7.05 Å². The third kappa shape index (κ3) is 2.00. The van der Waals surface area contributed by atoms with E-state index in [1.807, 2.05) is 30.3 Å². The summed E-state index contributed by atoms with van der Waals surface area (Å²) in [7, 11) is 3.35. The lowest BCUT2D eigenvalue weighted by molar-refractivity contribution is 0.271. The molecule has 2 heterocycles. The van der Waals surface area contributed by atoms with Crippen molar-refractivity contribution in [3.8, 4) is 17.3 Å². The van der Waals surface area contributed by atoms with Crippen LogP contribution in [0.4, 0.5) is 0 Å². The molecule has 0 unspecified atom stereocenters. The molecule has 0 aliphatic rings. The molecule has 0 atom stereocenters. The van der Waals surface area contributed by atoms with Crippen LogP contribution in [0.25, 0.3) is 22.3 Å². The molecular formula is C14H14N4O2. The van der Waals surface area contributed by atoms with E-state index in [0.29, 0.717) is 17.5 Å². The third-order valence-electron chi connectivity index (χ3n) is 3.07. The quantitative estimate of drug-likeness (QED) is 0.781. The van der Waals surface area contributed by atoms with Crippen molar-refractivity contribution in [1.29, 1.82) is 0 Å². The molecule has 0 radical (unpaired) electrons. The summed E-state index contributed by atoms with van der Waals surface area (Å²) < 4.78 is 6.96. The third-order valence-corrected chi connectivity index (χ3v) is 3.07. The van der Waals surface area contributed by atoms with E-state index in [4.69, 9.17) is 9.84 Å². The van der Waals surface area contributed by atoms with Gasteiger partial charge in [0.1, 0.15) is 6.61 Å². The number of methoxy groups -OCH3 is 1. The van der Waals surface area contributed by atoms with Gasteiger partial charge in [-0.1, -0.05) is 18.2 Å². The molecule has 6 nitrogen and oxygen atoms in total. The Balaban J connectivity index is 2.25. The predicted octanol–water partition coefficient (Wildman–Crippen LogP) is 1.53. The van der Waals surface area contributed by atoms with Gasteiger partial charge in [-0.05, 0) is 12.1 Å². The van der Waals surface area contributed by atoms with Crippen LogP contribution in [0, 0.1) is 0 Å². The fourth-order valence-corrected chi connectivity index (χ4v) is 2.15. The highest BCUT2D eigenvalue weighted by Crippen LogP contribution is 2.30. The number of ether oxygens (including phenoxy) is 1. The molecule has 3 aromatic rings. The Hall–Kier alpha value is -2.47. The van der Waals surface area contributed by atoms with Gasteiger partial charge in [0.15, 0.2) is 11.6 Å². The highest BCUT2D eigenvalue weighted by molar-refractivity contribution is 5.84. The smallest absolute Gasteiger partial charge is 0.224 e. The first-order chi connectivity index (χ1) is 9.72. The number of benzene rings is 1. The lowest BCUT2D eigenvalue weighted by Gasteiger charge is -2.08. The molecular weight excluding hydrogens is 256 g/mol. The summed E-state index contributed by atoms with van der Waals surface area (Å²) >= 11 is 0. The number of nitrogens with zero attached hydrogens (tertiary/aromatic N) is 4. The number of para-hydroxylation sites is 1. The molecule has 0 aliphatic carbocycles. The number of rotatable bonds is 3. The minimum Gasteiger partial charge on any atom is -0.480 e. The minimum absolute atomic E-state index is 0.197. The van der Waals surface area contributed by atoms with Gasteiger partial charge < -0.3 is 9.84 Å². The average molecular weight is 270 g/mol. The van der Waals surface area contributed by atoms with E-state index in [-0.39, 0.29) is 6.61 Å². The predicted molar refractivity (Wildman–Crippen MR) is 74.2 cm³/mol. The zero-order chi connectivity index (χ0) is 14.1. The van der Waals surface area contributed by atoms with Crippen LogP contribution in [0.2, 0.25) is 0 Å². The van der Waals surface area contributed by atoms with E-state index < -0.39 is 0 Å². The summed E-state index contributed by atoms with van der Waals surface area (Å²) in [5, 5.41) is 14.3. The van der Waals surface area contributed by atoms with E-state index >= 15 is 0 Å². The highest BCUT2D eigenvalue weighted by atomic mass is 16.5. The van der Waals surface area contributed by atoms with Crippen LogP contribution in [-0.2, 0) is 13.7 Å². The number of hydrogen-bond acceptors (Lipinski definition) is 5. The molecule has 102 valence electrons. The summed E-state index contributed by atoms with van der Waals surface area (Å²) in [4.78, 5) is 8.78. The van der Waals surface area contributed by atoms with Gasteiger partial charge in [-0.15, -0.1) is 0 Å². The van der Waals surface area contributed by atoms with Crippen molar-refractivity contribution < 1.29 is 9.84 Å². The fraction of sp³-hybridized carbons (Fsp3) is 0.214. The molecule has 0 amide bonds. The number of fused-ring (bicyclic) bond motifs is 1. The molecule has 0 aliphatic heterocycles. The minimum atomic E-state index is -0.197. The first-order valence-electron chi connectivity index (χ1n) is 6.18. The molecule has 1 N–H and O–H groups in total. The molecule has 6 heteroatoms. The Kier molecular flexibility index (Phi) is 3.08. The van der Waals surface area contributed by atoms with E-state index in [2.05, 4.69) is 15.1 Å². The van der Waals surface area contributed by atoms with Gasteiger partial charge in [0.25, 0.3) is 0 Å². The Morgan fingerprint density at radius 3 is 2.75 bits per heavy atom. The van der Waals surface area contributed by atoms with Gasteiger partial charge in [-0.3, -0.25) is 0 Å². The number of pyridine rings is 1. The SMILES string of the molecule is COc1nc2ccccc2cc1-c1nc(CO)nn1C. The van der Waals surface area contributed by atoms with Crippen LogP contribution in [0.1, 0.15) is 5.82 Å². The summed E-state index contributed by atoms with van der Waals surface area (Å²) in [6.07, 6.45) is 0. The second kappa shape index (κ2) is 4.90. The van der Waals surface area contributed by atoms with Crippen LogP contribution < -0.4 is 4.74 Å². The number of aliphatic hydroxyl groups excluding tert-OH is 1. The monoisotopic (exact) mass is 270 g/mol. The maximum absolute atomic E-state index is 9.14. The molecule has 1 aromatic carbocycles. The lowest BCUT2D eigenvalue weighted by atomic mass is 10.1. The summed E-state index contributed by atoms with van der Waals surface area (Å²) in [6.45, 7) is -0.197. The first kappa shape index (κ1) is 12.6. The lowest BCUT2D eigenvalue weighted by Crippen LogP contribution is -1.99. The molecule has 0 saturated heterocycles. The van der Waals surface area contributed by atoms with Crippen molar-refractivity contribution in [2.75, 3.05) is 7.11 Å². The summed E-state index contributed by atoms with van der Waals surface area (Å²) in [5.74, 6) is 1.48. The maximum atomic E-state index is 9.14. The van der Waals surface area contributed by atoms with E-state index in [1.54, 1.807) is 18.8 Å². The van der Waals surface area contributed by atoms with Gasteiger partial charge in [0.05, 0.1) is 18.2 Å². The maximum Gasteiger partial charge on any atom is 0.224 e. The highest BCUT2D eigenvalue weighted by Gasteiger charge is 2.16. The molecule has 0 spiro atoms. The van der Waals surface area contributed by atoms with Crippen molar-refractivity contribution >= 4 is 10.9 Å². The van der Waals surface area contributed by atoms with Gasteiger partial charge in [-0.25, -0.2) is 14.6 Å². The number of hydrogen-bond donors (Lipinski definition) is 1. The van der Waals surface area contributed by atoms with E-state index in [9.17, 15) is 0 Å². The van der Waals surface area contributed by atoms with Crippen molar-refractivity contribution in [3.63, 3.8) is 0 Å². The van der Waals surface area contributed by atoms with Crippen LogP contribution in [0.3, 0.4) is 0 Å². The van der Waals surface area contributed by atoms with E-state index in [1.165, 1.54) is 0 Å². The topological polar surface area (TPSA) is 73.1 Å². The number of aliphatic hydroxyl groups is 1. The summed E-state index contributed by atoms with van der Waals surface area (Å²) in [5.41, 5.74) is 1.61. The van der Waals surface area contributed by atoms with Gasteiger partial charge in [0, 0.05) is 12.4 Å². The van der Waals surface area contributed by atoms with Gasteiger partial charge >= 0.3 is 0 Å². The first-order valence-corrected chi connectivity index (χ1v) is 6.18. The zero-order valence-electron chi connectivity index (χ0n) is 11.2. The second-order valence-corrected chi connectivity index (χ2v) is 4.37. The zero-order valence-corrected chi connectivity index (χ0v) is 11.2. The molecule has 3 rings (SSSR count). The fourth-order valence-electron chi connectivity index (χ4n) is 2.15. The van der Waals surface area contributed by atoms with Crippen LogP contribution in [0.5, 0.6) is 5.88 Å². The standard InChI is InChI=1S/C14H14N4O2/c1-18-13(16-12(8-19)17-18)10-7-9-5-3-4-6-11(9)15-14(10)20-2/h3-7,19H,8H2,1-2H3. The molecule has 2 aromatic heterocycles. The average Bonchev–Trinajstić information content (AvgIpc) is 2.86. The molecule has 0 saturated carbocycles. The van der Waals surface area contributed by atoms with Crippen LogP contribution >= 0.6 is 0 Å². The number of aryl methyl sites for hydroxylation is 1.